The standard InChI is InChI=1S/C32H35N3O3/c1-23-8-6-11-25(18-23)21-35-28-14-13-27(34-30(36)15-12-24-9-4-3-5-10-24)19-26(28)20-29(35)31(37)33-22-32(2)16-7-17-38-32/h3-6,8-11,13-14,18-20H,7,12,15-17,21-22H2,1-2H3,(H,33,37)(H,34,36)/t32-/m0/s1. The summed E-state index contributed by atoms with van der Waals surface area (Å²) in [5.41, 5.74) is 5.39. The summed E-state index contributed by atoms with van der Waals surface area (Å²) >= 11 is 0. The van der Waals surface area contributed by atoms with E-state index in [9.17, 15) is 9.59 Å². The van der Waals surface area contributed by atoms with Gasteiger partial charge in [-0.2, -0.15) is 0 Å². The van der Waals surface area contributed by atoms with Gasteiger partial charge in [0.15, 0.2) is 0 Å². The Bertz CT molecular complexity index is 1440. The van der Waals surface area contributed by atoms with Crippen molar-refractivity contribution in [2.45, 2.75) is 51.7 Å². The van der Waals surface area contributed by atoms with E-state index in [0.717, 1.165) is 47.2 Å². The molecule has 1 saturated heterocycles. The van der Waals surface area contributed by atoms with Gasteiger partial charge >= 0.3 is 0 Å². The molecular formula is C32H35N3O3. The molecule has 0 saturated carbocycles. The molecule has 196 valence electrons. The molecule has 6 nitrogen and oxygen atoms in total. The van der Waals surface area contributed by atoms with Crippen molar-refractivity contribution in [3.8, 4) is 0 Å². The van der Waals surface area contributed by atoms with Crippen LogP contribution in [0.5, 0.6) is 0 Å². The lowest BCUT2D eigenvalue weighted by molar-refractivity contribution is -0.116. The zero-order valence-corrected chi connectivity index (χ0v) is 22.1. The Labute approximate surface area is 224 Å². The van der Waals surface area contributed by atoms with Crippen LogP contribution in [0.25, 0.3) is 10.9 Å². The van der Waals surface area contributed by atoms with E-state index in [1.165, 1.54) is 5.56 Å². The first-order valence-electron chi connectivity index (χ1n) is 13.3. The maximum absolute atomic E-state index is 13.4. The lowest BCUT2D eigenvalue weighted by Crippen LogP contribution is -2.40. The summed E-state index contributed by atoms with van der Waals surface area (Å²) in [6.45, 7) is 5.90. The highest BCUT2D eigenvalue weighted by atomic mass is 16.5. The van der Waals surface area contributed by atoms with Gasteiger partial charge in [0.25, 0.3) is 5.91 Å². The summed E-state index contributed by atoms with van der Waals surface area (Å²) in [6, 6.07) is 26.1. The third-order valence-electron chi connectivity index (χ3n) is 7.25. The summed E-state index contributed by atoms with van der Waals surface area (Å²) in [4.78, 5) is 26.0. The van der Waals surface area contributed by atoms with Gasteiger partial charge in [0.1, 0.15) is 5.69 Å². The van der Waals surface area contributed by atoms with Crippen LogP contribution in [-0.2, 0) is 22.5 Å². The van der Waals surface area contributed by atoms with Crippen LogP contribution in [0.15, 0.2) is 78.9 Å². The fourth-order valence-electron chi connectivity index (χ4n) is 5.16. The molecule has 6 heteroatoms. The number of hydrogen-bond acceptors (Lipinski definition) is 3. The highest BCUT2D eigenvalue weighted by Crippen LogP contribution is 2.27. The molecule has 38 heavy (non-hydrogen) atoms. The van der Waals surface area contributed by atoms with Gasteiger partial charge in [0.05, 0.1) is 5.60 Å². The van der Waals surface area contributed by atoms with Crippen molar-refractivity contribution in [3.63, 3.8) is 0 Å². The Morgan fingerprint density at radius 1 is 0.974 bits per heavy atom. The van der Waals surface area contributed by atoms with E-state index < -0.39 is 0 Å². The van der Waals surface area contributed by atoms with Crippen molar-refractivity contribution in [3.05, 3.63) is 101 Å². The minimum absolute atomic E-state index is 0.0322. The number of anilines is 1. The predicted octanol–water partition coefficient (Wildman–Crippen LogP) is 5.87. The second kappa shape index (κ2) is 11.2. The maximum Gasteiger partial charge on any atom is 0.268 e. The van der Waals surface area contributed by atoms with Crippen LogP contribution in [0.2, 0.25) is 0 Å². The third kappa shape index (κ3) is 6.14. The molecule has 0 bridgehead atoms. The number of nitrogens with one attached hydrogen (secondary N) is 2. The van der Waals surface area contributed by atoms with Gasteiger partial charge < -0.3 is 19.9 Å². The Balaban J connectivity index is 1.37. The van der Waals surface area contributed by atoms with Crippen molar-refractivity contribution in [1.29, 1.82) is 0 Å². The Morgan fingerprint density at radius 2 is 1.79 bits per heavy atom. The molecule has 5 rings (SSSR count). The van der Waals surface area contributed by atoms with E-state index in [-0.39, 0.29) is 17.4 Å². The van der Waals surface area contributed by atoms with E-state index >= 15 is 0 Å². The molecule has 2 amide bonds. The molecular weight excluding hydrogens is 474 g/mol. The van der Waals surface area contributed by atoms with Crippen molar-refractivity contribution in [1.82, 2.24) is 9.88 Å². The van der Waals surface area contributed by atoms with Gasteiger partial charge in [-0.3, -0.25) is 9.59 Å². The Hall–Kier alpha value is -3.90. The largest absolute Gasteiger partial charge is 0.373 e. The third-order valence-corrected chi connectivity index (χ3v) is 7.25. The average Bonchev–Trinajstić information content (AvgIpc) is 3.50. The molecule has 4 aromatic rings. The number of amides is 2. The van der Waals surface area contributed by atoms with Crippen molar-refractivity contribution in [2.24, 2.45) is 0 Å². The molecule has 1 aliphatic rings. The fourth-order valence-corrected chi connectivity index (χ4v) is 5.16. The van der Waals surface area contributed by atoms with Crippen LogP contribution in [0.4, 0.5) is 5.69 Å². The second-order valence-electron chi connectivity index (χ2n) is 10.5. The summed E-state index contributed by atoms with van der Waals surface area (Å²) in [6.07, 6.45) is 3.05. The van der Waals surface area contributed by atoms with Gasteiger partial charge in [0, 0.05) is 42.7 Å². The first-order valence-corrected chi connectivity index (χ1v) is 13.3. The van der Waals surface area contributed by atoms with E-state index in [0.29, 0.717) is 31.6 Å². The summed E-state index contributed by atoms with van der Waals surface area (Å²) in [7, 11) is 0. The number of benzene rings is 3. The minimum atomic E-state index is -0.319. The number of nitrogens with zero attached hydrogens (tertiary/aromatic N) is 1. The number of ether oxygens (including phenoxy) is 1. The number of aromatic nitrogens is 1. The number of carbonyl (C=O) groups excluding carboxylic acids is 2. The van der Waals surface area contributed by atoms with Crippen LogP contribution >= 0.6 is 0 Å². The van der Waals surface area contributed by atoms with Crippen molar-refractivity contribution >= 4 is 28.4 Å². The zero-order chi connectivity index (χ0) is 26.5. The van der Waals surface area contributed by atoms with Gasteiger partial charge in [-0.05, 0) is 68.5 Å². The predicted molar refractivity (Wildman–Crippen MR) is 152 cm³/mol. The SMILES string of the molecule is Cc1cccc(Cn2c(C(=O)NC[C@]3(C)CCCO3)cc3cc(NC(=O)CCc4ccccc4)ccc32)c1. The van der Waals surface area contributed by atoms with E-state index in [1.54, 1.807) is 0 Å². The number of aryl methyl sites for hydroxylation is 2. The molecule has 0 spiro atoms. The number of fused-ring (bicyclic) bond motifs is 1. The van der Waals surface area contributed by atoms with Gasteiger partial charge in [0.2, 0.25) is 5.91 Å². The molecule has 3 aromatic carbocycles. The van der Waals surface area contributed by atoms with E-state index in [4.69, 9.17) is 4.74 Å². The summed E-state index contributed by atoms with van der Waals surface area (Å²) in [5.74, 6) is -0.158. The molecule has 1 fully saturated rings. The summed E-state index contributed by atoms with van der Waals surface area (Å²) in [5, 5.41) is 7.04. The Kier molecular flexibility index (Phi) is 7.61. The van der Waals surface area contributed by atoms with E-state index in [2.05, 4.69) is 47.2 Å². The Morgan fingerprint density at radius 3 is 2.55 bits per heavy atom. The molecule has 0 aliphatic carbocycles. The fraction of sp³-hybridized carbons (Fsp3) is 0.312. The quantitative estimate of drug-likeness (QED) is 0.297. The molecule has 2 heterocycles. The maximum atomic E-state index is 13.4. The number of carbonyl (C=O) groups is 2. The summed E-state index contributed by atoms with van der Waals surface area (Å²) < 4.78 is 7.92. The average molecular weight is 510 g/mol. The zero-order valence-electron chi connectivity index (χ0n) is 22.1. The van der Waals surface area contributed by atoms with Crippen LogP contribution in [-0.4, -0.2) is 35.1 Å². The first-order chi connectivity index (χ1) is 18.4. The molecule has 1 atom stereocenters. The normalized spacial score (nSPS) is 17.0. The van der Waals surface area contributed by atoms with Gasteiger partial charge in [-0.15, -0.1) is 0 Å². The van der Waals surface area contributed by atoms with Crippen LogP contribution in [0.3, 0.4) is 0 Å². The monoisotopic (exact) mass is 509 g/mol. The van der Waals surface area contributed by atoms with Crippen LogP contribution in [0.1, 0.15) is 53.4 Å². The smallest absolute Gasteiger partial charge is 0.268 e. The van der Waals surface area contributed by atoms with Crippen molar-refractivity contribution in [2.75, 3.05) is 18.5 Å². The highest BCUT2D eigenvalue weighted by Gasteiger charge is 2.30. The molecule has 2 N–H and O–H groups in total. The van der Waals surface area contributed by atoms with Gasteiger partial charge in [-0.1, -0.05) is 60.2 Å². The molecule has 0 radical (unpaired) electrons. The highest BCUT2D eigenvalue weighted by molar-refractivity contribution is 6.00. The number of hydrogen-bond donors (Lipinski definition) is 2. The lowest BCUT2D eigenvalue weighted by Gasteiger charge is -2.23. The number of rotatable bonds is 9. The van der Waals surface area contributed by atoms with Crippen LogP contribution < -0.4 is 10.6 Å². The molecule has 0 unspecified atom stereocenters. The van der Waals surface area contributed by atoms with Gasteiger partial charge in [-0.25, -0.2) is 0 Å². The topological polar surface area (TPSA) is 72.4 Å². The van der Waals surface area contributed by atoms with Crippen molar-refractivity contribution < 1.29 is 14.3 Å². The minimum Gasteiger partial charge on any atom is -0.373 e. The molecule has 1 aromatic heterocycles. The second-order valence-corrected chi connectivity index (χ2v) is 10.5. The van der Waals surface area contributed by atoms with Crippen LogP contribution in [0, 0.1) is 6.92 Å². The molecule has 1 aliphatic heterocycles. The lowest BCUT2D eigenvalue weighted by atomic mass is 10.0. The first kappa shape index (κ1) is 25.7. The van der Waals surface area contributed by atoms with E-state index in [1.807, 2.05) is 60.7 Å².